The van der Waals surface area contributed by atoms with Crippen LogP contribution < -0.4 is 5.32 Å². The smallest absolute Gasteiger partial charge is 0.334 e. The van der Waals surface area contributed by atoms with Crippen LogP contribution in [0.15, 0.2) is 18.2 Å². The van der Waals surface area contributed by atoms with Crippen molar-refractivity contribution in [1.29, 1.82) is 0 Å². The summed E-state index contributed by atoms with van der Waals surface area (Å²) in [7, 11) is 2.74. The molecule has 2 heterocycles. The molecule has 0 unspecified atom stereocenters. The summed E-state index contributed by atoms with van der Waals surface area (Å²) in [6.45, 7) is 0.483. The number of thiophene rings is 1. The Labute approximate surface area is 147 Å². The number of esters is 1. The van der Waals surface area contributed by atoms with Crippen LogP contribution in [-0.2, 0) is 25.6 Å². The number of hydrogen-bond donors (Lipinski definition) is 1. The largest absolute Gasteiger partial charge is 0.467 e. The number of halogens is 1. The van der Waals surface area contributed by atoms with Gasteiger partial charge < -0.3 is 19.5 Å². The molecule has 1 N–H and O–H groups in total. The standard InChI is InChI=1S/C17H18FNO5S/c1-22-8-10-13-11(18)4-3-5-12(13)25-14(10)15(20)19-17(16(21)23-2)6-7-24-9-17/h3-5H,6-9H2,1-2H3,(H,19,20)/t17-/m1/s1. The van der Waals surface area contributed by atoms with Gasteiger partial charge in [0, 0.05) is 35.8 Å². The van der Waals surface area contributed by atoms with Crippen molar-refractivity contribution in [1.82, 2.24) is 5.32 Å². The van der Waals surface area contributed by atoms with Gasteiger partial charge in [-0.15, -0.1) is 11.3 Å². The molecule has 134 valence electrons. The maximum Gasteiger partial charge on any atom is 0.334 e. The van der Waals surface area contributed by atoms with Crippen LogP contribution in [0.3, 0.4) is 0 Å². The summed E-state index contributed by atoms with van der Waals surface area (Å²) < 4.78 is 30.1. The van der Waals surface area contributed by atoms with Gasteiger partial charge in [-0.1, -0.05) is 6.07 Å². The Morgan fingerprint density at radius 3 is 2.84 bits per heavy atom. The molecule has 1 aliphatic heterocycles. The van der Waals surface area contributed by atoms with E-state index in [2.05, 4.69) is 5.32 Å². The van der Waals surface area contributed by atoms with Gasteiger partial charge in [0.15, 0.2) is 5.54 Å². The molecular weight excluding hydrogens is 349 g/mol. The van der Waals surface area contributed by atoms with Gasteiger partial charge in [0.1, 0.15) is 5.82 Å². The molecule has 1 aromatic heterocycles. The van der Waals surface area contributed by atoms with Crippen LogP contribution in [-0.4, -0.2) is 44.8 Å². The second-order valence-electron chi connectivity index (χ2n) is 5.79. The number of benzene rings is 1. The maximum atomic E-state index is 14.2. The topological polar surface area (TPSA) is 73.9 Å². The first-order valence-electron chi connectivity index (χ1n) is 7.70. The molecule has 1 aliphatic rings. The highest BCUT2D eigenvalue weighted by molar-refractivity contribution is 7.21. The van der Waals surface area contributed by atoms with Crippen molar-refractivity contribution < 1.29 is 28.2 Å². The predicted molar refractivity (Wildman–Crippen MR) is 90.1 cm³/mol. The van der Waals surface area contributed by atoms with Crippen molar-refractivity contribution in [3.8, 4) is 0 Å². The Morgan fingerprint density at radius 2 is 2.20 bits per heavy atom. The Balaban J connectivity index is 2.00. The molecular formula is C17H18FNO5S. The SMILES string of the molecule is COCc1c(C(=O)N[C@]2(C(=O)OC)CCOC2)sc2cccc(F)c12. The minimum atomic E-state index is -1.22. The average Bonchev–Trinajstić information content (AvgIpc) is 3.21. The van der Waals surface area contributed by atoms with Crippen molar-refractivity contribution in [2.75, 3.05) is 27.4 Å². The third-order valence-corrected chi connectivity index (χ3v) is 5.40. The lowest BCUT2D eigenvalue weighted by Crippen LogP contribution is -2.55. The van der Waals surface area contributed by atoms with Gasteiger partial charge in [0.2, 0.25) is 0 Å². The lowest BCUT2D eigenvalue weighted by atomic mass is 9.98. The Hall–Kier alpha value is -2.03. The molecule has 1 aromatic carbocycles. The van der Waals surface area contributed by atoms with Crippen LogP contribution in [0.25, 0.3) is 10.1 Å². The van der Waals surface area contributed by atoms with E-state index in [9.17, 15) is 14.0 Å². The molecule has 0 aliphatic carbocycles. The number of methoxy groups -OCH3 is 2. The molecule has 1 fully saturated rings. The number of rotatable bonds is 5. The highest BCUT2D eigenvalue weighted by Crippen LogP contribution is 2.34. The average molecular weight is 367 g/mol. The zero-order valence-electron chi connectivity index (χ0n) is 13.9. The van der Waals surface area contributed by atoms with Crippen molar-refractivity contribution >= 4 is 33.3 Å². The normalized spacial score (nSPS) is 20.0. The third kappa shape index (κ3) is 3.12. The van der Waals surface area contributed by atoms with E-state index in [1.807, 2.05) is 0 Å². The monoisotopic (exact) mass is 367 g/mol. The molecule has 0 bridgehead atoms. The number of fused-ring (bicyclic) bond motifs is 1. The van der Waals surface area contributed by atoms with Crippen LogP contribution in [0.4, 0.5) is 4.39 Å². The summed E-state index contributed by atoms with van der Waals surface area (Å²) in [6, 6.07) is 4.68. The first-order valence-corrected chi connectivity index (χ1v) is 8.51. The number of hydrogen-bond acceptors (Lipinski definition) is 6. The number of carbonyl (C=O) groups is 2. The minimum Gasteiger partial charge on any atom is -0.467 e. The number of ether oxygens (including phenoxy) is 3. The Morgan fingerprint density at radius 1 is 1.40 bits per heavy atom. The van der Waals surface area contributed by atoms with Gasteiger partial charge >= 0.3 is 5.97 Å². The summed E-state index contributed by atoms with van der Waals surface area (Å²) in [5.74, 6) is -1.44. The molecule has 0 spiro atoms. The Kier molecular flexibility index (Phi) is 5.03. The fraction of sp³-hybridized carbons (Fsp3) is 0.412. The Bertz CT molecular complexity index is 813. The third-order valence-electron chi connectivity index (χ3n) is 4.21. The van der Waals surface area contributed by atoms with Crippen molar-refractivity contribution in [2.45, 2.75) is 18.6 Å². The molecule has 2 aromatic rings. The summed E-state index contributed by atoms with van der Waals surface area (Å²) >= 11 is 1.16. The van der Waals surface area contributed by atoms with E-state index < -0.39 is 23.2 Å². The van der Waals surface area contributed by atoms with E-state index in [0.717, 1.165) is 11.3 Å². The van der Waals surface area contributed by atoms with Gasteiger partial charge in [-0.25, -0.2) is 9.18 Å². The second kappa shape index (κ2) is 7.07. The summed E-state index contributed by atoms with van der Waals surface area (Å²) in [5.41, 5.74) is -0.748. The zero-order chi connectivity index (χ0) is 18.0. The fourth-order valence-electron chi connectivity index (χ4n) is 2.98. The molecule has 25 heavy (non-hydrogen) atoms. The van der Waals surface area contributed by atoms with Crippen LogP contribution in [0.2, 0.25) is 0 Å². The highest BCUT2D eigenvalue weighted by atomic mass is 32.1. The van der Waals surface area contributed by atoms with E-state index in [-0.39, 0.29) is 13.2 Å². The van der Waals surface area contributed by atoms with Crippen LogP contribution >= 0.6 is 11.3 Å². The van der Waals surface area contributed by atoms with Crippen molar-refractivity contribution in [2.24, 2.45) is 0 Å². The van der Waals surface area contributed by atoms with Crippen molar-refractivity contribution in [3.05, 3.63) is 34.5 Å². The lowest BCUT2D eigenvalue weighted by molar-refractivity contribution is -0.148. The number of amides is 1. The molecule has 1 atom stereocenters. The van der Waals surface area contributed by atoms with E-state index in [1.165, 1.54) is 20.3 Å². The van der Waals surface area contributed by atoms with Gasteiger partial charge in [-0.3, -0.25) is 4.79 Å². The first kappa shape index (κ1) is 17.8. The molecule has 0 radical (unpaired) electrons. The van der Waals surface area contributed by atoms with Gasteiger partial charge in [-0.05, 0) is 12.1 Å². The molecule has 3 rings (SSSR count). The molecule has 1 saturated heterocycles. The first-order chi connectivity index (χ1) is 12.0. The number of nitrogens with one attached hydrogen (secondary N) is 1. The quantitative estimate of drug-likeness (QED) is 0.821. The van der Waals surface area contributed by atoms with E-state index in [0.29, 0.717) is 33.6 Å². The van der Waals surface area contributed by atoms with Crippen LogP contribution in [0.1, 0.15) is 21.7 Å². The second-order valence-corrected chi connectivity index (χ2v) is 6.84. The van der Waals surface area contributed by atoms with Gasteiger partial charge in [-0.2, -0.15) is 0 Å². The number of carbonyl (C=O) groups excluding carboxylic acids is 2. The maximum absolute atomic E-state index is 14.2. The molecule has 0 saturated carbocycles. The molecule has 6 nitrogen and oxygen atoms in total. The van der Waals surface area contributed by atoms with Gasteiger partial charge in [0.25, 0.3) is 5.91 Å². The van der Waals surface area contributed by atoms with Crippen LogP contribution in [0, 0.1) is 5.82 Å². The predicted octanol–water partition coefficient (Wildman–Crippen LogP) is 2.25. The molecule has 8 heteroatoms. The molecule has 1 amide bonds. The summed E-state index contributed by atoms with van der Waals surface area (Å²) in [5, 5.41) is 3.10. The van der Waals surface area contributed by atoms with E-state index in [1.54, 1.807) is 12.1 Å². The van der Waals surface area contributed by atoms with E-state index >= 15 is 0 Å². The lowest BCUT2D eigenvalue weighted by Gasteiger charge is -2.25. The minimum absolute atomic E-state index is 0.0459. The van der Waals surface area contributed by atoms with Crippen molar-refractivity contribution in [3.63, 3.8) is 0 Å². The highest BCUT2D eigenvalue weighted by Gasteiger charge is 2.45. The van der Waals surface area contributed by atoms with E-state index in [4.69, 9.17) is 14.2 Å². The van der Waals surface area contributed by atoms with Gasteiger partial charge in [0.05, 0.1) is 25.2 Å². The summed E-state index contributed by atoms with van der Waals surface area (Å²) in [4.78, 5) is 25.3. The summed E-state index contributed by atoms with van der Waals surface area (Å²) in [6.07, 6.45) is 0.324. The van der Waals surface area contributed by atoms with Crippen LogP contribution in [0.5, 0.6) is 0 Å². The zero-order valence-corrected chi connectivity index (χ0v) is 14.7. The fourth-order valence-corrected chi connectivity index (χ4v) is 4.10.